The van der Waals surface area contributed by atoms with E-state index in [1.165, 1.54) is 12.8 Å². The lowest BCUT2D eigenvalue weighted by Crippen LogP contribution is -2.39. The predicted octanol–water partition coefficient (Wildman–Crippen LogP) is 6.54. The zero-order chi connectivity index (χ0) is 49.1. The molecule has 0 radical (unpaired) electrons. The van der Waals surface area contributed by atoms with Crippen LogP contribution in [0, 0.1) is 37.5 Å². The largest absolute Gasteiger partial charge is 0.496 e. The highest BCUT2D eigenvalue weighted by Gasteiger charge is 2.47. The Morgan fingerprint density at radius 1 is 0.662 bits per heavy atom. The van der Waals surface area contributed by atoms with Gasteiger partial charge >= 0.3 is 7.82 Å². The van der Waals surface area contributed by atoms with Gasteiger partial charge in [0.25, 0.3) is 11.8 Å². The molecule has 384 valence electrons. The van der Waals surface area contributed by atoms with Crippen LogP contribution < -0.4 is 40.5 Å². The van der Waals surface area contributed by atoms with Crippen LogP contribution in [0.2, 0.25) is 0 Å². The van der Waals surface area contributed by atoms with E-state index in [4.69, 9.17) is 33.8 Å². The number of rotatable bonds is 16. The van der Waals surface area contributed by atoms with Crippen molar-refractivity contribution >= 4 is 43.2 Å². The summed E-state index contributed by atoms with van der Waals surface area (Å²) in [6, 6.07) is 12.0. The van der Waals surface area contributed by atoms with Gasteiger partial charge in [0.1, 0.15) is 34.3 Å². The van der Waals surface area contributed by atoms with Crippen molar-refractivity contribution < 1.29 is 43.0 Å². The zero-order valence-electron chi connectivity index (χ0n) is 40.5. The van der Waals surface area contributed by atoms with Gasteiger partial charge in [-0.05, 0) is 136 Å². The number of nitrogens with one attached hydrogen (secondary N) is 4. The second-order valence-corrected chi connectivity index (χ2v) is 21.2. The Bertz CT molecular complexity index is 2550. The molecule has 20 heteroatoms. The number of hydrogen-bond donors (Lipinski definition) is 7. The van der Waals surface area contributed by atoms with Gasteiger partial charge in [0.2, 0.25) is 11.9 Å². The van der Waals surface area contributed by atoms with E-state index in [1.54, 1.807) is 26.6 Å². The number of ether oxygens (including phenoxy) is 2. The molecule has 6 aliphatic rings. The number of phosphoric ester groups is 1. The van der Waals surface area contributed by atoms with Crippen molar-refractivity contribution in [3.8, 4) is 11.5 Å². The molecule has 2 saturated heterocycles. The SMILES string of the molecule is C.COc1ccc(CNc2nc(N3CC4CC4C3)ncc2C(=O)NC2CCC(O)CC2)cc1C.COc1ccc(CNc2nc(N3CC4CC4C3)ncc2C(=O)NC2CCC(OP(=O)(O)O)CC2)cc1C. The maximum atomic E-state index is 13.3. The predicted molar refractivity (Wildman–Crippen MR) is 271 cm³/mol. The lowest BCUT2D eigenvalue weighted by Gasteiger charge is -2.29. The standard InChI is InChI=1S/C25H34N5O6P.C25H33N5O3.CH4/c1-15-9-16(3-8-22(15)35-2)11-26-23-21(12-27-25(29-23)30-13-17-10-18(17)14-30)24(31)28-19-4-6-20(7-5-19)36-37(32,33)34;1-15-9-16(3-8-22(15)33-2)11-26-23-21(24(32)28-19-4-6-20(31)7-5-19)12-27-25(29-23)30-13-17-10-18(17)14-30;/h3,8-9,12,17-20H,4-7,10-11,13-14H2,1-2H3,(H,28,31)(H,26,27,29)(H2,32,33,34);3,8-9,12,17-20,31H,4-7,10-11,13-14H2,1-2H3,(H,28,32)(H,26,27,29);1H4. The molecule has 0 bridgehead atoms. The summed E-state index contributed by atoms with van der Waals surface area (Å²) in [5.41, 5.74) is 5.04. The maximum Gasteiger partial charge on any atom is 0.469 e. The smallest absolute Gasteiger partial charge is 0.469 e. The van der Waals surface area contributed by atoms with Crippen molar-refractivity contribution in [1.29, 1.82) is 0 Å². The Hall–Kier alpha value is -5.59. The number of aliphatic hydroxyl groups is 1. The normalized spacial score (nSPS) is 25.1. The van der Waals surface area contributed by atoms with Crippen LogP contribution in [0.1, 0.15) is 115 Å². The van der Waals surface area contributed by atoms with Crippen LogP contribution in [0.15, 0.2) is 48.8 Å². The summed E-state index contributed by atoms with van der Waals surface area (Å²) in [6.07, 6.45) is 10.2. The van der Waals surface area contributed by atoms with Crippen molar-refractivity contribution in [2.24, 2.45) is 23.7 Å². The van der Waals surface area contributed by atoms with Crippen molar-refractivity contribution in [3.05, 3.63) is 82.2 Å². The first-order valence-electron chi connectivity index (χ1n) is 24.7. The van der Waals surface area contributed by atoms with Gasteiger partial charge in [0, 0.05) is 63.7 Å². The number of carbonyl (C=O) groups excluding carboxylic acids is 2. The summed E-state index contributed by atoms with van der Waals surface area (Å²) in [5, 5.41) is 22.7. The van der Waals surface area contributed by atoms with Crippen molar-refractivity contribution in [2.45, 2.75) is 123 Å². The molecule has 4 heterocycles. The number of aromatic nitrogens is 4. The van der Waals surface area contributed by atoms with Crippen LogP contribution in [0.25, 0.3) is 0 Å². The summed E-state index contributed by atoms with van der Waals surface area (Å²) in [4.78, 5) is 67.5. The van der Waals surface area contributed by atoms with Gasteiger partial charge in [0.05, 0.1) is 26.4 Å². The van der Waals surface area contributed by atoms with E-state index in [9.17, 15) is 19.3 Å². The Morgan fingerprint density at radius 2 is 1.07 bits per heavy atom. The highest BCUT2D eigenvalue weighted by molar-refractivity contribution is 7.46. The Balaban J connectivity index is 0.000000189. The number of anilines is 4. The monoisotopic (exact) mass is 999 g/mol. The summed E-state index contributed by atoms with van der Waals surface area (Å²) < 4.78 is 26.6. The van der Waals surface area contributed by atoms with Gasteiger partial charge in [-0.1, -0.05) is 31.7 Å². The number of aryl methyl sites for hydroxylation is 2. The molecular weight excluding hydrogens is 928 g/mol. The third kappa shape index (κ3) is 13.3. The van der Waals surface area contributed by atoms with E-state index >= 15 is 0 Å². The summed E-state index contributed by atoms with van der Waals surface area (Å²) in [6.45, 7) is 8.93. The van der Waals surface area contributed by atoms with Crippen molar-refractivity contribution in [3.63, 3.8) is 0 Å². The molecule has 2 aromatic carbocycles. The van der Waals surface area contributed by atoms with Gasteiger partial charge in [-0.15, -0.1) is 0 Å². The minimum atomic E-state index is -4.52. The third-order valence-corrected chi connectivity index (χ3v) is 15.3. The number of methoxy groups -OCH3 is 2. The molecule has 2 aromatic heterocycles. The van der Waals surface area contributed by atoms with Crippen LogP contribution in [-0.4, -0.2) is 111 Å². The fourth-order valence-corrected chi connectivity index (χ4v) is 11.1. The van der Waals surface area contributed by atoms with E-state index < -0.39 is 13.9 Å². The third-order valence-electron chi connectivity index (χ3n) is 14.7. The molecule has 19 nitrogen and oxygen atoms in total. The van der Waals surface area contributed by atoms with E-state index in [0.29, 0.717) is 73.4 Å². The van der Waals surface area contributed by atoms with E-state index in [0.717, 1.165) is 109 Å². The van der Waals surface area contributed by atoms with E-state index in [-0.39, 0.29) is 37.4 Å². The fraction of sp³-hybridized carbons (Fsp3) is 0.569. The molecule has 4 saturated carbocycles. The van der Waals surface area contributed by atoms with E-state index in [1.807, 2.05) is 44.2 Å². The van der Waals surface area contributed by atoms with Crippen LogP contribution in [0.5, 0.6) is 11.5 Å². The highest BCUT2D eigenvalue weighted by Crippen LogP contribution is 2.47. The molecule has 4 aromatic rings. The number of amides is 2. The van der Waals surface area contributed by atoms with Gasteiger partial charge in [0.15, 0.2) is 0 Å². The number of phosphoric acid groups is 1. The Labute approximate surface area is 416 Å². The fourth-order valence-electron chi connectivity index (χ4n) is 10.5. The van der Waals surface area contributed by atoms with Crippen molar-refractivity contribution in [1.82, 2.24) is 30.6 Å². The summed E-state index contributed by atoms with van der Waals surface area (Å²) in [5.74, 6) is 6.61. The lowest BCUT2D eigenvalue weighted by atomic mass is 9.93. The van der Waals surface area contributed by atoms with E-state index in [2.05, 4.69) is 47.1 Å². The molecule has 71 heavy (non-hydrogen) atoms. The minimum absolute atomic E-state index is 0. The van der Waals surface area contributed by atoms with Crippen molar-refractivity contribution in [2.75, 3.05) is 60.8 Å². The molecule has 7 N–H and O–H groups in total. The molecular formula is C51H71N10O9P. The number of hydrogen-bond acceptors (Lipinski definition) is 15. The summed E-state index contributed by atoms with van der Waals surface area (Å²) >= 11 is 0. The second kappa shape index (κ2) is 22.4. The average molecular weight is 999 g/mol. The number of nitrogens with zero attached hydrogens (tertiary/aromatic N) is 6. The molecule has 4 atom stereocenters. The quantitative estimate of drug-likeness (QED) is 0.0589. The van der Waals surface area contributed by atoms with Crippen LogP contribution in [0.3, 0.4) is 0 Å². The second-order valence-electron chi connectivity index (χ2n) is 20.0. The number of aliphatic hydroxyl groups excluding tert-OH is 1. The molecule has 4 unspecified atom stereocenters. The molecule has 0 spiro atoms. The van der Waals surface area contributed by atoms with Crippen LogP contribution >= 0.6 is 7.82 Å². The van der Waals surface area contributed by atoms with Crippen LogP contribution in [-0.2, 0) is 22.2 Å². The highest BCUT2D eigenvalue weighted by atomic mass is 31.2. The summed E-state index contributed by atoms with van der Waals surface area (Å²) in [7, 11) is -1.20. The Kier molecular flexibility index (Phi) is 16.4. The number of benzene rings is 2. The topological polar surface area (TPSA) is 246 Å². The average Bonchev–Trinajstić information content (AvgIpc) is 4.18. The first-order chi connectivity index (χ1) is 33.7. The number of carbonyl (C=O) groups is 2. The maximum absolute atomic E-state index is 13.3. The number of fused-ring (bicyclic) bond motifs is 2. The molecule has 2 amide bonds. The molecule has 4 aliphatic carbocycles. The minimum Gasteiger partial charge on any atom is -0.496 e. The van der Waals surface area contributed by atoms with Gasteiger partial charge in [-0.25, -0.2) is 14.5 Å². The molecule has 6 fully saturated rings. The molecule has 2 aliphatic heterocycles. The first-order valence-corrected chi connectivity index (χ1v) is 26.2. The Morgan fingerprint density at radius 3 is 1.45 bits per heavy atom. The van der Waals surface area contributed by atoms with Gasteiger partial charge in [-0.2, -0.15) is 9.97 Å². The number of piperidine rings is 2. The lowest BCUT2D eigenvalue weighted by molar-refractivity contribution is 0.0820. The van der Waals surface area contributed by atoms with Gasteiger partial charge in [-0.3, -0.25) is 14.1 Å². The zero-order valence-corrected chi connectivity index (χ0v) is 41.4. The van der Waals surface area contributed by atoms with Gasteiger partial charge < -0.3 is 55.4 Å². The van der Waals surface area contributed by atoms with Crippen LogP contribution in [0.4, 0.5) is 23.5 Å². The first kappa shape index (κ1) is 51.8. The molecule has 10 rings (SSSR count).